The molecule has 0 aromatic rings. The summed E-state index contributed by atoms with van der Waals surface area (Å²) in [5, 5.41) is 10.1. The maximum Gasteiger partial charge on any atom is 0.110 e. The predicted molar refractivity (Wildman–Crippen MR) is 61.6 cm³/mol. The van der Waals surface area contributed by atoms with E-state index in [0.717, 1.165) is 26.2 Å². The van der Waals surface area contributed by atoms with E-state index in [1.54, 1.807) is 0 Å². The van der Waals surface area contributed by atoms with Crippen LogP contribution in [0.5, 0.6) is 0 Å². The molecule has 3 nitrogen and oxygen atoms in total. The number of hydrogen-bond donors (Lipinski definition) is 1. The highest BCUT2D eigenvalue weighted by atomic mass is 16.3. The number of nitrogens with zero attached hydrogens (tertiary/aromatic N) is 2. The lowest BCUT2D eigenvalue weighted by atomic mass is 9.83. The molecule has 1 saturated heterocycles. The third-order valence-corrected chi connectivity index (χ3v) is 4.02. The highest BCUT2D eigenvalue weighted by molar-refractivity contribution is 4.82. The molecule has 0 amide bonds. The van der Waals surface area contributed by atoms with Crippen molar-refractivity contribution in [2.75, 3.05) is 26.2 Å². The van der Waals surface area contributed by atoms with Gasteiger partial charge in [-0.1, -0.05) is 6.42 Å². The largest absolute Gasteiger partial charge is 0.378 e. The minimum atomic E-state index is -0.159. The molecule has 1 saturated carbocycles. The summed E-state index contributed by atoms with van der Waals surface area (Å²) in [6.45, 7) is 8.80. The Morgan fingerprint density at radius 1 is 1.00 bits per heavy atom. The zero-order chi connectivity index (χ0) is 10.8. The summed E-state index contributed by atoms with van der Waals surface area (Å²) in [7, 11) is 0. The van der Waals surface area contributed by atoms with Gasteiger partial charge in [0.1, 0.15) is 6.23 Å². The standard InChI is InChI=1S/C12H24N2O/c1-10(2)13-6-8-14(9-7-13)12(15)11-4-3-5-11/h10-12,15H,3-9H2,1-2H3. The van der Waals surface area contributed by atoms with E-state index in [4.69, 9.17) is 0 Å². The summed E-state index contributed by atoms with van der Waals surface area (Å²) < 4.78 is 0. The van der Waals surface area contributed by atoms with Crippen LogP contribution in [0.4, 0.5) is 0 Å². The normalized spacial score (nSPS) is 28.0. The van der Waals surface area contributed by atoms with Crippen LogP contribution in [0.25, 0.3) is 0 Å². The predicted octanol–water partition coefficient (Wildman–Crippen LogP) is 1.13. The van der Waals surface area contributed by atoms with E-state index >= 15 is 0 Å². The van der Waals surface area contributed by atoms with E-state index in [1.807, 2.05) is 0 Å². The van der Waals surface area contributed by atoms with Crippen molar-refractivity contribution >= 4 is 0 Å². The smallest absolute Gasteiger partial charge is 0.110 e. The quantitative estimate of drug-likeness (QED) is 0.760. The van der Waals surface area contributed by atoms with Gasteiger partial charge < -0.3 is 5.11 Å². The van der Waals surface area contributed by atoms with Crippen LogP contribution in [0.3, 0.4) is 0 Å². The minimum absolute atomic E-state index is 0.159. The molecular formula is C12H24N2O. The third kappa shape index (κ3) is 2.52. The molecule has 1 N–H and O–H groups in total. The van der Waals surface area contributed by atoms with Crippen LogP contribution >= 0.6 is 0 Å². The molecule has 0 spiro atoms. The Morgan fingerprint density at radius 3 is 1.93 bits per heavy atom. The topological polar surface area (TPSA) is 26.7 Å². The van der Waals surface area contributed by atoms with E-state index in [1.165, 1.54) is 19.3 Å². The van der Waals surface area contributed by atoms with Crippen LogP contribution in [0, 0.1) is 5.92 Å². The molecule has 2 fully saturated rings. The Labute approximate surface area is 93.1 Å². The van der Waals surface area contributed by atoms with Crippen molar-refractivity contribution in [3.63, 3.8) is 0 Å². The molecule has 88 valence electrons. The third-order valence-electron chi connectivity index (χ3n) is 4.02. The van der Waals surface area contributed by atoms with Gasteiger partial charge in [0.05, 0.1) is 0 Å². The van der Waals surface area contributed by atoms with Gasteiger partial charge in [-0.3, -0.25) is 9.80 Å². The summed E-state index contributed by atoms with van der Waals surface area (Å²) in [6, 6.07) is 0.646. The van der Waals surface area contributed by atoms with E-state index in [9.17, 15) is 5.11 Å². The molecule has 0 bridgehead atoms. The molecule has 2 aliphatic rings. The van der Waals surface area contributed by atoms with E-state index in [-0.39, 0.29) is 6.23 Å². The molecule has 15 heavy (non-hydrogen) atoms. The average Bonchev–Trinajstić information content (AvgIpc) is 2.15. The molecule has 3 heteroatoms. The number of hydrogen-bond acceptors (Lipinski definition) is 3. The monoisotopic (exact) mass is 212 g/mol. The molecule has 0 radical (unpaired) electrons. The maximum absolute atomic E-state index is 10.1. The second-order valence-corrected chi connectivity index (χ2v) is 5.27. The average molecular weight is 212 g/mol. The number of rotatable bonds is 3. The van der Waals surface area contributed by atoms with E-state index in [2.05, 4.69) is 23.6 Å². The number of piperazine rings is 1. The number of aliphatic hydroxyl groups excluding tert-OH is 1. The van der Waals surface area contributed by atoms with Crippen molar-refractivity contribution in [3.05, 3.63) is 0 Å². The second-order valence-electron chi connectivity index (χ2n) is 5.27. The van der Waals surface area contributed by atoms with E-state index in [0.29, 0.717) is 12.0 Å². The van der Waals surface area contributed by atoms with Gasteiger partial charge in [0.2, 0.25) is 0 Å². The molecule has 2 rings (SSSR count). The Hall–Kier alpha value is -0.120. The summed E-state index contributed by atoms with van der Waals surface area (Å²) in [6.07, 6.45) is 3.61. The maximum atomic E-state index is 10.1. The highest BCUT2D eigenvalue weighted by Gasteiger charge is 2.32. The van der Waals surface area contributed by atoms with Crippen LogP contribution < -0.4 is 0 Å². The first-order valence-corrected chi connectivity index (χ1v) is 6.34. The fourth-order valence-corrected chi connectivity index (χ4v) is 2.55. The zero-order valence-corrected chi connectivity index (χ0v) is 10.0. The fraction of sp³-hybridized carbons (Fsp3) is 1.00. The summed E-state index contributed by atoms with van der Waals surface area (Å²) >= 11 is 0. The lowest BCUT2D eigenvalue weighted by Gasteiger charge is -2.43. The van der Waals surface area contributed by atoms with Crippen molar-refractivity contribution in [2.24, 2.45) is 5.92 Å². The highest BCUT2D eigenvalue weighted by Crippen LogP contribution is 2.31. The molecule has 0 aromatic carbocycles. The molecule has 1 heterocycles. The number of aliphatic hydroxyl groups is 1. The van der Waals surface area contributed by atoms with Crippen molar-refractivity contribution in [1.29, 1.82) is 0 Å². The van der Waals surface area contributed by atoms with Gasteiger partial charge in [-0.25, -0.2) is 0 Å². The van der Waals surface area contributed by atoms with Gasteiger partial charge in [0.25, 0.3) is 0 Å². The molecular weight excluding hydrogens is 188 g/mol. The molecule has 0 aromatic heterocycles. The SMILES string of the molecule is CC(C)N1CCN(C(O)C2CCC2)CC1. The summed E-state index contributed by atoms with van der Waals surface area (Å²) in [5.74, 6) is 0.565. The Balaban J connectivity index is 1.77. The Morgan fingerprint density at radius 2 is 1.53 bits per heavy atom. The molecule has 1 aliphatic carbocycles. The van der Waals surface area contributed by atoms with Crippen molar-refractivity contribution in [2.45, 2.75) is 45.4 Å². The van der Waals surface area contributed by atoms with Crippen LogP contribution in [-0.2, 0) is 0 Å². The van der Waals surface area contributed by atoms with Crippen LogP contribution in [-0.4, -0.2) is 53.4 Å². The van der Waals surface area contributed by atoms with Crippen LogP contribution in [0.1, 0.15) is 33.1 Å². The van der Waals surface area contributed by atoms with E-state index < -0.39 is 0 Å². The molecule has 1 unspecified atom stereocenters. The van der Waals surface area contributed by atoms with Crippen LogP contribution in [0.2, 0.25) is 0 Å². The summed E-state index contributed by atoms with van der Waals surface area (Å²) in [4.78, 5) is 4.76. The van der Waals surface area contributed by atoms with Gasteiger partial charge >= 0.3 is 0 Å². The zero-order valence-electron chi connectivity index (χ0n) is 10.0. The first kappa shape index (κ1) is 11.4. The summed E-state index contributed by atoms with van der Waals surface area (Å²) in [5.41, 5.74) is 0. The van der Waals surface area contributed by atoms with Crippen LogP contribution in [0.15, 0.2) is 0 Å². The first-order chi connectivity index (χ1) is 7.18. The first-order valence-electron chi connectivity index (χ1n) is 6.34. The van der Waals surface area contributed by atoms with Crippen molar-refractivity contribution in [3.8, 4) is 0 Å². The van der Waals surface area contributed by atoms with Crippen molar-refractivity contribution < 1.29 is 5.11 Å². The molecule has 1 aliphatic heterocycles. The minimum Gasteiger partial charge on any atom is -0.378 e. The van der Waals surface area contributed by atoms with Gasteiger partial charge in [-0.15, -0.1) is 0 Å². The second kappa shape index (κ2) is 4.81. The lowest BCUT2D eigenvalue weighted by molar-refractivity contribution is -0.0836. The molecule has 1 atom stereocenters. The van der Waals surface area contributed by atoms with Gasteiger partial charge in [-0.2, -0.15) is 0 Å². The fourth-order valence-electron chi connectivity index (χ4n) is 2.55. The van der Waals surface area contributed by atoms with Gasteiger partial charge in [-0.05, 0) is 32.6 Å². The van der Waals surface area contributed by atoms with Gasteiger partial charge in [0, 0.05) is 32.2 Å². The Kier molecular flexibility index (Phi) is 3.65. The Bertz CT molecular complexity index is 196. The van der Waals surface area contributed by atoms with Gasteiger partial charge in [0.15, 0.2) is 0 Å². The van der Waals surface area contributed by atoms with Crippen molar-refractivity contribution in [1.82, 2.24) is 9.80 Å². The lowest BCUT2D eigenvalue weighted by Crippen LogP contribution is -2.54.